The first kappa shape index (κ1) is 14.8. The number of aryl methyl sites for hydroxylation is 3. The van der Waals surface area contributed by atoms with Crippen LogP contribution in [0.2, 0.25) is 0 Å². The highest BCUT2D eigenvalue weighted by atomic mass is 16.4. The van der Waals surface area contributed by atoms with Crippen LogP contribution in [0.25, 0.3) is 0 Å². The minimum Gasteiger partial charge on any atom is -0.409 e. The maximum absolute atomic E-state index is 8.95. The minimum absolute atomic E-state index is 0.0552. The third kappa shape index (κ3) is 2.96. The fourth-order valence-corrected chi connectivity index (χ4v) is 2.44. The van der Waals surface area contributed by atoms with E-state index >= 15 is 0 Å². The van der Waals surface area contributed by atoms with Gasteiger partial charge in [0.05, 0.1) is 23.5 Å². The van der Waals surface area contributed by atoms with Gasteiger partial charge in [0.2, 0.25) is 0 Å². The van der Waals surface area contributed by atoms with Gasteiger partial charge >= 0.3 is 0 Å². The van der Waals surface area contributed by atoms with Gasteiger partial charge in [-0.1, -0.05) is 11.2 Å². The van der Waals surface area contributed by atoms with Crippen LogP contribution in [0.5, 0.6) is 0 Å². The van der Waals surface area contributed by atoms with Crippen LogP contribution < -0.4 is 10.6 Å². The van der Waals surface area contributed by atoms with Crippen LogP contribution in [-0.4, -0.2) is 32.9 Å². The molecule has 112 valence electrons. The van der Waals surface area contributed by atoms with Crippen LogP contribution in [-0.2, 0) is 13.6 Å². The van der Waals surface area contributed by atoms with Crippen molar-refractivity contribution in [3.63, 3.8) is 0 Å². The molecule has 7 heteroatoms. The fourth-order valence-electron chi connectivity index (χ4n) is 2.44. The number of hydrogen-bond acceptors (Lipinski definition) is 5. The van der Waals surface area contributed by atoms with Crippen molar-refractivity contribution in [2.24, 2.45) is 17.9 Å². The van der Waals surface area contributed by atoms with E-state index in [4.69, 9.17) is 10.9 Å². The number of hydrogen-bond donors (Lipinski definition) is 2. The lowest BCUT2D eigenvalue weighted by Crippen LogP contribution is -2.24. The summed E-state index contributed by atoms with van der Waals surface area (Å²) in [6, 6.07) is 5.90. The lowest BCUT2D eigenvalue weighted by molar-refractivity contribution is 0.318. The van der Waals surface area contributed by atoms with Crippen LogP contribution in [0.1, 0.15) is 22.6 Å². The summed E-state index contributed by atoms with van der Waals surface area (Å²) in [6.07, 6.45) is 0. The van der Waals surface area contributed by atoms with Crippen LogP contribution in [0.3, 0.4) is 0 Å². The molecule has 0 saturated carbocycles. The van der Waals surface area contributed by atoms with E-state index in [1.165, 1.54) is 0 Å². The Morgan fingerprint density at radius 2 is 2.14 bits per heavy atom. The van der Waals surface area contributed by atoms with E-state index in [2.05, 4.69) is 15.2 Å². The molecule has 2 aromatic rings. The predicted molar refractivity (Wildman–Crippen MR) is 81.5 cm³/mol. The maximum Gasteiger partial charge on any atom is 0.175 e. The van der Waals surface area contributed by atoms with Gasteiger partial charge < -0.3 is 15.8 Å². The predicted octanol–water partition coefficient (Wildman–Crippen LogP) is 1.16. The highest BCUT2D eigenvalue weighted by molar-refractivity contribution is 6.02. The van der Waals surface area contributed by atoms with Crippen molar-refractivity contribution >= 4 is 11.7 Å². The second-order valence-electron chi connectivity index (χ2n) is 5.02. The summed E-state index contributed by atoms with van der Waals surface area (Å²) in [5.41, 5.74) is 9.04. The Morgan fingerprint density at radius 1 is 1.43 bits per heavy atom. The Bertz CT molecular complexity index is 676. The molecule has 0 unspecified atom stereocenters. The molecule has 21 heavy (non-hydrogen) atoms. The molecule has 2 aromatic heterocycles. The molecule has 0 aromatic carbocycles. The van der Waals surface area contributed by atoms with E-state index < -0.39 is 0 Å². The van der Waals surface area contributed by atoms with Gasteiger partial charge in [0.25, 0.3) is 0 Å². The van der Waals surface area contributed by atoms with Crippen molar-refractivity contribution < 1.29 is 5.21 Å². The zero-order valence-corrected chi connectivity index (χ0v) is 12.7. The fraction of sp³-hybridized carbons (Fsp3) is 0.357. The molecule has 0 atom stereocenters. The van der Waals surface area contributed by atoms with Gasteiger partial charge in [0.1, 0.15) is 5.82 Å². The number of anilines is 1. The van der Waals surface area contributed by atoms with Crippen molar-refractivity contribution in [2.45, 2.75) is 20.4 Å². The Balaban J connectivity index is 2.37. The number of amidine groups is 1. The molecule has 2 rings (SSSR count). The zero-order chi connectivity index (χ0) is 15.6. The largest absolute Gasteiger partial charge is 0.409 e. The molecule has 2 heterocycles. The van der Waals surface area contributed by atoms with E-state index in [9.17, 15) is 0 Å². The summed E-state index contributed by atoms with van der Waals surface area (Å²) in [7, 11) is 3.76. The summed E-state index contributed by atoms with van der Waals surface area (Å²) < 4.78 is 1.72. The van der Waals surface area contributed by atoms with Crippen LogP contribution in [0.4, 0.5) is 5.82 Å². The van der Waals surface area contributed by atoms with E-state index in [1.54, 1.807) is 4.68 Å². The van der Waals surface area contributed by atoms with E-state index in [1.807, 2.05) is 51.0 Å². The average molecular weight is 288 g/mol. The SMILES string of the molecule is Cc1cccc(CN(C)c2c(/C(N)=N/O)c(C)nn2C)n1. The summed E-state index contributed by atoms with van der Waals surface area (Å²) in [4.78, 5) is 6.47. The smallest absolute Gasteiger partial charge is 0.175 e. The maximum atomic E-state index is 8.95. The molecular weight excluding hydrogens is 268 g/mol. The van der Waals surface area contributed by atoms with Crippen molar-refractivity contribution in [1.29, 1.82) is 0 Å². The zero-order valence-electron chi connectivity index (χ0n) is 12.7. The average Bonchev–Trinajstić information content (AvgIpc) is 2.72. The highest BCUT2D eigenvalue weighted by Gasteiger charge is 2.20. The first-order valence-electron chi connectivity index (χ1n) is 6.59. The van der Waals surface area contributed by atoms with E-state index in [-0.39, 0.29) is 5.84 Å². The molecule has 0 radical (unpaired) electrons. The number of pyridine rings is 1. The molecular formula is C14H20N6O. The quantitative estimate of drug-likeness (QED) is 0.381. The van der Waals surface area contributed by atoms with Crippen LogP contribution in [0.15, 0.2) is 23.4 Å². The molecule has 0 fully saturated rings. The molecule has 0 spiro atoms. The minimum atomic E-state index is 0.0552. The first-order valence-corrected chi connectivity index (χ1v) is 6.59. The summed E-state index contributed by atoms with van der Waals surface area (Å²) in [5.74, 6) is 0.839. The van der Waals surface area contributed by atoms with E-state index in [0.717, 1.165) is 17.2 Å². The monoisotopic (exact) mass is 288 g/mol. The van der Waals surface area contributed by atoms with E-state index in [0.29, 0.717) is 17.8 Å². The molecule has 0 bridgehead atoms. The van der Waals surface area contributed by atoms with Gasteiger partial charge in [-0.15, -0.1) is 0 Å². The normalized spacial score (nSPS) is 11.7. The summed E-state index contributed by atoms with van der Waals surface area (Å²) in [5, 5.41) is 16.4. The summed E-state index contributed by atoms with van der Waals surface area (Å²) >= 11 is 0. The Hall–Kier alpha value is -2.57. The van der Waals surface area contributed by atoms with Crippen LogP contribution in [0, 0.1) is 13.8 Å². The number of aromatic nitrogens is 3. The number of nitrogens with zero attached hydrogens (tertiary/aromatic N) is 5. The third-order valence-electron chi connectivity index (χ3n) is 3.26. The second-order valence-corrected chi connectivity index (χ2v) is 5.02. The Kier molecular flexibility index (Phi) is 4.11. The Morgan fingerprint density at radius 3 is 2.76 bits per heavy atom. The number of nitrogens with two attached hydrogens (primary N) is 1. The number of oxime groups is 1. The van der Waals surface area contributed by atoms with Crippen molar-refractivity contribution in [3.05, 3.63) is 40.8 Å². The third-order valence-corrected chi connectivity index (χ3v) is 3.26. The van der Waals surface area contributed by atoms with Crippen LogP contribution >= 0.6 is 0 Å². The van der Waals surface area contributed by atoms with Gasteiger partial charge in [0, 0.05) is 19.8 Å². The summed E-state index contributed by atoms with van der Waals surface area (Å²) in [6.45, 7) is 4.39. The molecule has 0 saturated heterocycles. The topological polar surface area (TPSA) is 92.6 Å². The highest BCUT2D eigenvalue weighted by Crippen LogP contribution is 2.23. The van der Waals surface area contributed by atoms with Gasteiger partial charge in [-0.25, -0.2) is 0 Å². The first-order chi connectivity index (χ1) is 9.93. The van der Waals surface area contributed by atoms with Gasteiger partial charge in [-0.05, 0) is 26.0 Å². The standard InChI is InChI=1S/C14H20N6O/c1-9-6-5-7-11(16-9)8-19(3)14-12(13(15)18-21)10(2)17-20(14)4/h5-7,21H,8H2,1-4H3,(H2,15,18). The molecule has 0 aliphatic carbocycles. The Labute approximate surface area is 123 Å². The molecule has 3 N–H and O–H groups in total. The molecule has 0 amide bonds. The lowest BCUT2D eigenvalue weighted by atomic mass is 10.2. The van der Waals surface area contributed by atoms with Crippen molar-refractivity contribution in [2.75, 3.05) is 11.9 Å². The molecule has 7 nitrogen and oxygen atoms in total. The van der Waals surface area contributed by atoms with Crippen molar-refractivity contribution in [3.8, 4) is 0 Å². The van der Waals surface area contributed by atoms with Gasteiger partial charge in [-0.3, -0.25) is 9.67 Å². The number of rotatable bonds is 4. The van der Waals surface area contributed by atoms with Gasteiger partial charge in [-0.2, -0.15) is 5.10 Å². The second kappa shape index (κ2) is 5.82. The van der Waals surface area contributed by atoms with Gasteiger partial charge in [0.15, 0.2) is 5.84 Å². The molecule has 0 aliphatic heterocycles. The lowest BCUT2D eigenvalue weighted by Gasteiger charge is -2.20. The molecule has 0 aliphatic rings. The van der Waals surface area contributed by atoms with Crippen molar-refractivity contribution in [1.82, 2.24) is 14.8 Å².